The van der Waals surface area contributed by atoms with E-state index in [9.17, 15) is 4.79 Å². The average molecular weight is 247 g/mol. The van der Waals surface area contributed by atoms with Crippen LogP contribution in [0.5, 0.6) is 0 Å². The normalized spacial score (nSPS) is 10.6. The lowest BCUT2D eigenvalue weighted by molar-refractivity contribution is 0.112. The van der Waals surface area contributed by atoms with E-state index in [1.165, 1.54) is 0 Å². The smallest absolute Gasteiger partial charge is 0.150 e. The highest BCUT2D eigenvalue weighted by atomic mass is 16.1. The molecule has 92 valence electrons. The molecule has 0 aliphatic heterocycles. The molecule has 0 saturated carbocycles. The molecule has 0 radical (unpaired) electrons. The van der Waals surface area contributed by atoms with Crippen LogP contribution in [0.25, 0.3) is 21.9 Å². The van der Waals surface area contributed by atoms with Crippen LogP contribution in [-0.4, -0.2) is 11.3 Å². The third kappa shape index (κ3) is 2.02. The highest BCUT2D eigenvalue weighted by molar-refractivity contribution is 6.00. The van der Waals surface area contributed by atoms with Crippen LogP contribution in [0, 0.1) is 6.92 Å². The summed E-state index contributed by atoms with van der Waals surface area (Å²) in [5.41, 5.74) is 3.87. The predicted octanol–water partition coefficient (Wildman–Crippen LogP) is 4.02. The Hall–Kier alpha value is -2.48. The summed E-state index contributed by atoms with van der Waals surface area (Å²) < 4.78 is 0. The molecule has 3 aromatic rings. The van der Waals surface area contributed by atoms with E-state index in [2.05, 4.69) is 11.1 Å². The molecule has 2 aromatic carbocycles. The van der Waals surface area contributed by atoms with E-state index in [1.54, 1.807) is 6.20 Å². The maximum absolute atomic E-state index is 11.2. The van der Waals surface area contributed by atoms with E-state index in [0.29, 0.717) is 5.56 Å². The second-order valence-corrected chi connectivity index (χ2v) is 4.61. The molecule has 19 heavy (non-hydrogen) atoms. The molecule has 0 atom stereocenters. The molecule has 1 aromatic heterocycles. The molecule has 0 aliphatic rings. The molecule has 0 aliphatic carbocycles. The summed E-state index contributed by atoms with van der Waals surface area (Å²) in [4.78, 5) is 15.4. The van der Waals surface area contributed by atoms with E-state index in [0.717, 1.165) is 33.7 Å². The Labute approximate surface area is 111 Å². The summed E-state index contributed by atoms with van der Waals surface area (Å²) in [6, 6.07) is 13.9. The van der Waals surface area contributed by atoms with Crippen molar-refractivity contribution in [3.05, 3.63) is 66.0 Å². The predicted molar refractivity (Wildman–Crippen MR) is 77.3 cm³/mol. The maximum atomic E-state index is 11.2. The Kier molecular flexibility index (Phi) is 2.84. The lowest BCUT2D eigenvalue weighted by Gasteiger charge is -2.09. The second kappa shape index (κ2) is 4.65. The highest BCUT2D eigenvalue weighted by Gasteiger charge is 2.08. The van der Waals surface area contributed by atoms with Crippen molar-refractivity contribution < 1.29 is 4.79 Å². The Morgan fingerprint density at radius 3 is 2.79 bits per heavy atom. The van der Waals surface area contributed by atoms with Gasteiger partial charge >= 0.3 is 0 Å². The monoisotopic (exact) mass is 247 g/mol. The zero-order valence-corrected chi connectivity index (χ0v) is 10.6. The molecule has 0 saturated heterocycles. The summed E-state index contributed by atoms with van der Waals surface area (Å²) >= 11 is 0. The van der Waals surface area contributed by atoms with Crippen molar-refractivity contribution in [3.8, 4) is 11.1 Å². The van der Waals surface area contributed by atoms with Gasteiger partial charge in [0.2, 0.25) is 0 Å². The van der Waals surface area contributed by atoms with Gasteiger partial charge in [-0.3, -0.25) is 9.78 Å². The molecular formula is C17H13NO. The van der Waals surface area contributed by atoms with E-state index in [4.69, 9.17) is 0 Å². The van der Waals surface area contributed by atoms with Crippen LogP contribution in [0.1, 0.15) is 15.9 Å². The number of fused-ring (bicyclic) bond motifs is 1. The molecule has 0 fully saturated rings. The first-order valence-corrected chi connectivity index (χ1v) is 6.18. The third-order valence-corrected chi connectivity index (χ3v) is 3.31. The number of pyridine rings is 1. The standard InChI is InChI=1S/C17H13NO/c1-12-5-6-14(11-19)16(9-12)15-4-2-3-13-7-8-18-10-17(13)15/h2-11H,1H3. The fourth-order valence-electron chi connectivity index (χ4n) is 2.35. The summed E-state index contributed by atoms with van der Waals surface area (Å²) in [6.45, 7) is 2.03. The molecule has 3 rings (SSSR count). The maximum Gasteiger partial charge on any atom is 0.150 e. The fourth-order valence-corrected chi connectivity index (χ4v) is 2.35. The summed E-state index contributed by atoms with van der Waals surface area (Å²) in [7, 11) is 0. The molecule has 0 N–H and O–H groups in total. The van der Waals surface area contributed by atoms with Gasteiger partial charge in [0.25, 0.3) is 0 Å². The van der Waals surface area contributed by atoms with Crippen LogP contribution in [0.3, 0.4) is 0 Å². The number of hydrogen-bond donors (Lipinski definition) is 0. The van der Waals surface area contributed by atoms with Gasteiger partial charge in [0.05, 0.1) is 0 Å². The lowest BCUT2D eigenvalue weighted by Crippen LogP contribution is -1.90. The zero-order valence-electron chi connectivity index (χ0n) is 10.6. The largest absolute Gasteiger partial charge is 0.298 e. The number of aromatic nitrogens is 1. The molecule has 0 spiro atoms. The Bertz CT molecular complexity index is 757. The van der Waals surface area contributed by atoms with Crippen LogP contribution >= 0.6 is 0 Å². The van der Waals surface area contributed by atoms with Crippen molar-refractivity contribution in [2.45, 2.75) is 6.92 Å². The van der Waals surface area contributed by atoms with Crippen molar-refractivity contribution in [1.29, 1.82) is 0 Å². The topological polar surface area (TPSA) is 30.0 Å². The van der Waals surface area contributed by atoms with Crippen LogP contribution in [-0.2, 0) is 0 Å². The second-order valence-electron chi connectivity index (χ2n) is 4.61. The molecule has 0 bridgehead atoms. The van der Waals surface area contributed by atoms with Gasteiger partial charge in [-0.15, -0.1) is 0 Å². The minimum absolute atomic E-state index is 0.710. The van der Waals surface area contributed by atoms with Gasteiger partial charge in [-0.1, -0.05) is 42.0 Å². The van der Waals surface area contributed by atoms with Gasteiger partial charge in [-0.25, -0.2) is 0 Å². The minimum Gasteiger partial charge on any atom is -0.298 e. The highest BCUT2D eigenvalue weighted by Crippen LogP contribution is 2.30. The number of benzene rings is 2. The molecule has 2 nitrogen and oxygen atoms in total. The number of aldehydes is 1. The van der Waals surface area contributed by atoms with Crippen LogP contribution < -0.4 is 0 Å². The van der Waals surface area contributed by atoms with Crippen molar-refractivity contribution in [2.24, 2.45) is 0 Å². The van der Waals surface area contributed by atoms with Gasteiger partial charge in [-0.2, -0.15) is 0 Å². The fraction of sp³-hybridized carbons (Fsp3) is 0.0588. The van der Waals surface area contributed by atoms with E-state index in [-0.39, 0.29) is 0 Å². The number of hydrogen-bond acceptors (Lipinski definition) is 2. The van der Waals surface area contributed by atoms with Crippen LogP contribution in [0.4, 0.5) is 0 Å². The Morgan fingerprint density at radius 2 is 1.95 bits per heavy atom. The number of carbonyl (C=O) groups is 1. The van der Waals surface area contributed by atoms with Gasteiger partial charge in [0.1, 0.15) is 0 Å². The van der Waals surface area contributed by atoms with E-state index >= 15 is 0 Å². The summed E-state index contributed by atoms with van der Waals surface area (Å²) in [5, 5.41) is 2.20. The quantitative estimate of drug-likeness (QED) is 0.640. The van der Waals surface area contributed by atoms with Crippen LogP contribution in [0.15, 0.2) is 54.9 Å². The first-order valence-electron chi connectivity index (χ1n) is 6.18. The number of nitrogens with zero attached hydrogens (tertiary/aromatic N) is 1. The zero-order chi connectivity index (χ0) is 13.2. The van der Waals surface area contributed by atoms with Gasteiger partial charge in [0.15, 0.2) is 6.29 Å². The van der Waals surface area contributed by atoms with Crippen molar-refractivity contribution in [1.82, 2.24) is 4.98 Å². The minimum atomic E-state index is 0.710. The van der Waals surface area contributed by atoms with Gasteiger partial charge in [0, 0.05) is 23.3 Å². The van der Waals surface area contributed by atoms with Crippen molar-refractivity contribution in [2.75, 3.05) is 0 Å². The first-order chi connectivity index (χ1) is 9.29. The molecular weight excluding hydrogens is 234 g/mol. The van der Waals surface area contributed by atoms with Crippen LogP contribution in [0.2, 0.25) is 0 Å². The van der Waals surface area contributed by atoms with Crippen molar-refractivity contribution >= 4 is 17.1 Å². The summed E-state index contributed by atoms with van der Waals surface area (Å²) in [5.74, 6) is 0. The average Bonchev–Trinajstić information content (AvgIpc) is 2.46. The molecule has 0 unspecified atom stereocenters. The number of aryl methyl sites for hydroxylation is 1. The SMILES string of the molecule is Cc1ccc(C=O)c(-c2cccc3ccncc23)c1. The molecule has 0 amide bonds. The lowest BCUT2D eigenvalue weighted by atomic mass is 9.95. The van der Waals surface area contributed by atoms with Crippen molar-refractivity contribution in [3.63, 3.8) is 0 Å². The molecule has 2 heteroatoms. The van der Waals surface area contributed by atoms with E-state index in [1.807, 2.05) is 49.5 Å². The molecule has 1 heterocycles. The Balaban J connectivity index is 2.36. The van der Waals surface area contributed by atoms with E-state index < -0.39 is 0 Å². The number of carbonyl (C=O) groups excluding carboxylic acids is 1. The first kappa shape index (κ1) is 11.6. The van der Waals surface area contributed by atoms with Gasteiger partial charge < -0.3 is 0 Å². The number of rotatable bonds is 2. The Morgan fingerprint density at radius 1 is 1.05 bits per heavy atom. The van der Waals surface area contributed by atoms with Gasteiger partial charge in [-0.05, 0) is 29.5 Å². The third-order valence-electron chi connectivity index (χ3n) is 3.31. The summed E-state index contributed by atoms with van der Waals surface area (Å²) in [6.07, 6.45) is 4.54.